The maximum atomic E-state index is 5.14. The van der Waals surface area contributed by atoms with E-state index in [1.807, 2.05) is 13.1 Å². The second kappa shape index (κ2) is 5.65. The first-order chi connectivity index (χ1) is 6.36. The quantitative estimate of drug-likeness (QED) is 0.656. The Morgan fingerprint density at radius 2 is 2.31 bits per heavy atom. The fourth-order valence-electron chi connectivity index (χ4n) is 1.26. The summed E-state index contributed by atoms with van der Waals surface area (Å²) in [5.41, 5.74) is 1.28. The average molecular weight is 181 g/mol. The zero-order chi connectivity index (χ0) is 9.52. The van der Waals surface area contributed by atoms with Gasteiger partial charge in [-0.1, -0.05) is 0 Å². The van der Waals surface area contributed by atoms with Crippen LogP contribution in [0.4, 0.5) is 0 Å². The van der Waals surface area contributed by atoms with Gasteiger partial charge in [-0.3, -0.25) is 0 Å². The molecule has 0 heterocycles. The van der Waals surface area contributed by atoms with Crippen molar-refractivity contribution in [3.05, 3.63) is 28.9 Å². The van der Waals surface area contributed by atoms with Gasteiger partial charge in [0.05, 0.1) is 12.9 Å². The lowest BCUT2D eigenvalue weighted by Crippen LogP contribution is -2.18. The van der Waals surface area contributed by atoms with Crippen LogP contribution in [0.25, 0.3) is 5.32 Å². The number of allylic oxidation sites excluding steroid dienone is 4. The third-order valence-electron chi connectivity index (χ3n) is 2.06. The summed E-state index contributed by atoms with van der Waals surface area (Å²) in [6, 6.07) is 0. The second-order valence-electron chi connectivity index (χ2n) is 3.00. The zero-order valence-corrected chi connectivity index (χ0v) is 8.34. The number of likely N-dealkylation sites (N-methyl/N-ethyl adjacent to an activating group) is 1. The summed E-state index contributed by atoms with van der Waals surface area (Å²) < 4.78 is 5.14. The summed E-state index contributed by atoms with van der Waals surface area (Å²) in [6.07, 6.45) is 6.15. The predicted molar refractivity (Wildman–Crippen MR) is 54.6 cm³/mol. The maximum absolute atomic E-state index is 5.14. The molecule has 0 aromatic rings. The Labute approximate surface area is 79.9 Å². The van der Waals surface area contributed by atoms with E-state index in [4.69, 9.17) is 4.74 Å². The molecule has 3 nitrogen and oxygen atoms in total. The molecule has 0 saturated carbocycles. The van der Waals surface area contributed by atoms with Crippen LogP contribution in [0, 0.1) is 0 Å². The highest BCUT2D eigenvalue weighted by molar-refractivity contribution is 5.19. The molecule has 0 aliphatic heterocycles. The lowest BCUT2D eigenvalue weighted by atomic mass is 10.1. The Bertz CT molecular complexity index is 209. The van der Waals surface area contributed by atoms with Gasteiger partial charge in [0.2, 0.25) is 0 Å². The van der Waals surface area contributed by atoms with Crippen molar-refractivity contribution in [3.63, 3.8) is 0 Å². The van der Waals surface area contributed by atoms with Crippen molar-refractivity contribution < 1.29 is 4.74 Å². The van der Waals surface area contributed by atoms with E-state index in [2.05, 4.69) is 16.7 Å². The van der Waals surface area contributed by atoms with Gasteiger partial charge in [-0.15, -0.1) is 6.54 Å². The van der Waals surface area contributed by atoms with Crippen molar-refractivity contribution in [1.29, 1.82) is 0 Å². The topological polar surface area (TPSA) is 35.4 Å². The van der Waals surface area contributed by atoms with Gasteiger partial charge < -0.3 is 15.4 Å². The van der Waals surface area contributed by atoms with E-state index in [1.54, 1.807) is 7.11 Å². The molecular weight excluding hydrogens is 164 g/mol. The normalized spacial score (nSPS) is 16.2. The van der Waals surface area contributed by atoms with Crippen LogP contribution in [0.3, 0.4) is 0 Å². The zero-order valence-electron chi connectivity index (χ0n) is 8.34. The van der Waals surface area contributed by atoms with Crippen LogP contribution >= 0.6 is 0 Å². The Hall–Kier alpha value is -0.960. The van der Waals surface area contributed by atoms with E-state index in [-0.39, 0.29) is 0 Å². The van der Waals surface area contributed by atoms with Crippen LogP contribution in [-0.4, -0.2) is 27.2 Å². The molecule has 0 radical (unpaired) electrons. The van der Waals surface area contributed by atoms with Crippen LogP contribution in [0.5, 0.6) is 0 Å². The van der Waals surface area contributed by atoms with Crippen molar-refractivity contribution in [2.75, 3.05) is 27.2 Å². The minimum Gasteiger partial charge on any atom is -0.664 e. The Morgan fingerprint density at radius 1 is 1.46 bits per heavy atom. The highest BCUT2D eigenvalue weighted by Gasteiger charge is 2.04. The first kappa shape index (κ1) is 10.1. The highest BCUT2D eigenvalue weighted by Crippen LogP contribution is 2.16. The molecule has 0 aromatic heterocycles. The fourth-order valence-corrected chi connectivity index (χ4v) is 1.26. The van der Waals surface area contributed by atoms with Gasteiger partial charge >= 0.3 is 0 Å². The minimum atomic E-state index is 0.873. The third-order valence-corrected chi connectivity index (χ3v) is 2.06. The smallest absolute Gasteiger partial charge is 0.0959 e. The Kier molecular flexibility index (Phi) is 4.40. The molecule has 0 bridgehead atoms. The SMILES string of the molecule is C[N-]CCNC1=CC=C(OC)CC1. The van der Waals surface area contributed by atoms with Gasteiger partial charge in [-0.2, -0.15) is 7.05 Å². The predicted octanol–water partition coefficient (Wildman–Crippen LogP) is 1.79. The van der Waals surface area contributed by atoms with Gasteiger partial charge in [-0.05, 0) is 25.1 Å². The van der Waals surface area contributed by atoms with Crippen molar-refractivity contribution in [2.45, 2.75) is 12.8 Å². The molecule has 3 heteroatoms. The minimum absolute atomic E-state index is 0.873. The summed E-state index contributed by atoms with van der Waals surface area (Å²) in [6.45, 7) is 1.80. The van der Waals surface area contributed by atoms with Crippen LogP contribution in [0.15, 0.2) is 23.6 Å². The lowest BCUT2D eigenvalue weighted by molar-refractivity contribution is 0.275. The molecule has 0 saturated heterocycles. The Morgan fingerprint density at radius 3 is 2.85 bits per heavy atom. The van der Waals surface area contributed by atoms with Crippen molar-refractivity contribution in [3.8, 4) is 0 Å². The molecule has 1 aliphatic rings. The van der Waals surface area contributed by atoms with E-state index in [0.717, 1.165) is 31.7 Å². The van der Waals surface area contributed by atoms with E-state index >= 15 is 0 Å². The monoisotopic (exact) mass is 181 g/mol. The fraction of sp³-hybridized carbons (Fsp3) is 0.600. The summed E-state index contributed by atoms with van der Waals surface area (Å²) in [5, 5.41) is 7.36. The molecule has 1 N–H and O–H groups in total. The van der Waals surface area contributed by atoms with Crippen LogP contribution in [0.1, 0.15) is 12.8 Å². The van der Waals surface area contributed by atoms with Crippen molar-refractivity contribution in [2.24, 2.45) is 0 Å². The Balaban J connectivity index is 2.28. The van der Waals surface area contributed by atoms with Crippen LogP contribution in [-0.2, 0) is 4.74 Å². The molecule has 0 unspecified atom stereocenters. The molecule has 0 amide bonds. The molecule has 0 fully saturated rings. The number of methoxy groups -OCH3 is 1. The van der Waals surface area contributed by atoms with E-state index in [9.17, 15) is 0 Å². The van der Waals surface area contributed by atoms with E-state index in [1.165, 1.54) is 5.70 Å². The first-order valence-electron chi connectivity index (χ1n) is 4.60. The second-order valence-corrected chi connectivity index (χ2v) is 3.00. The summed E-state index contributed by atoms with van der Waals surface area (Å²) >= 11 is 0. The highest BCUT2D eigenvalue weighted by atomic mass is 16.5. The number of nitrogens with one attached hydrogen (secondary N) is 1. The van der Waals surface area contributed by atoms with Crippen molar-refractivity contribution >= 4 is 0 Å². The van der Waals surface area contributed by atoms with Gasteiger partial charge in [0, 0.05) is 12.1 Å². The number of rotatable bonds is 5. The number of nitrogens with zero attached hydrogens (tertiary/aromatic N) is 1. The maximum Gasteiger partial charge on any atom is 0.0959 e. The molecule has 1 rings (SSSR count). The average Bonchev–Trinajstić information content (AvgIpc) is 2.19. The molecule has 0 atom stereocenters. The summed E-state index contributed by atoms with van der Waals surface area (Å²) in [5.74, 6) is 1.06. The molecule has 0 aromatic carbocycles. The van der Waals surface area contributed by atoms with Crippen LogP contribution in [0.2, 0.25) is 0 Å². The third kappa shape index (κ3) is 3.51. The van der Waals surface area contributed by atoms with Gasteiger partial charge in [0.25, 0.3) is 0 Å². The van der Waals surface area contributed by atoms with E-state index < -0.39 is 0 Å². The number of hydrogen-bond acceptors (Lipinski definition) is 2. The standard InChI is InChI=1S/C10H17N2O/c1-11-7-8-12-9-3-5-10(13-2)6-4-9/h3,5,12H,4,6-8H2,1-2H3/q-1. The van der Waals surface area contributed by atoms with Gasteiger partial charge in [-0.25, -0.2) is 0 Å². The van der Waals surface area contributed by atoms with Crippen molar-refractivity contribution in [1.82, 2.24) is 5.32 Å². The lowest BCUT2D eigenvalue weighted by Gasteiger charge is -2.18. The van der Waals surface area contributed by atoms with Gasteiger partial charge in [0.1, 0.15) is 0 Å². The molecule has 1 aliphatic carbocycles. The number of hydrogen-bond donors (Lipinski definition) is 1. The largest absolute Gasteiger partial charge is 0.664 e. The van der Waals surface area contributed by atoms with Gasteiger partial charge in [0.15, 0.2) is 0 Å². The summed E-state index contributed by atoms with van der Waals surface area (Å²) in [7, 11) is 3.55. The van der Waals surface area contributed by atoms with Crippen LogP contribution < -0.4 is 5.32 Å². The first-order valence-corrected chi connectivity index (χ1v) is 4.60. The van der Waals surface area contributed by atoms with E-state index in [0.29, 0.717) is 0 Å². The summed E-state index contributed by atoms with van der Waals surface area (Å²) in [4.78, 5) is 0. The molecule has 0 spiro atoms. The molecule has 74 valence electrons. The number of ether oxygens (including phenoxy) is 1. The molecular formula is C10H17N2O-. The molecule has 13 heavy (non-hydrogen) atoms.